The molecular formula is C16H25NO2. The SMILES string of the molecule is CCN(CC)CC(O)COc1ccccc1C1CC1. The molecule has 1 aliphatic carbocycles. The van der Waals surface area contributed by atoms with Crippen molar-refractivity contribution < 1.29 is 9.84 Å². The maximum Gasteiger partial charge on any atom is 0.122 e. The molecule has 3 heteroatoms. The summed E-state index contributed by atoms with van der Waals surface area (Å²) in [7, 11) is 0. The topological polar surface area (TPSA) is 32.7 Å². The highest BCUT2D eigenvalue weighted by atomic mass is 16.5. The lowest BCUT2D eigenvalue weighted by molar-refractivity contribution is 0.0713. The molecule has 0 heterocycles. The number of benzene rings is 1. The zero-order valence-corrected chi connectivity index (χ0v) is 12.0. The third-order valence-corrected chi connectivity index (χ3v) is 3.73. The van der Waals surface area contributed by atoms with E-state index < -0.39 is 6.10 Å². The summed E-state index contributed by atoms with van der Waals surface area (Å²) < 4.78 is 5.81. The van der Waals surface area contributed by atoms with Crippen molar-refractivity contribution in [2.45, 2.75) is 38.7 Å². The van der Waals surface area contributed by atoms with Crippen LogP contribution in [-0.4, -0.2) is 42.4 Å². The number of ether oxygens (including phenoxy) is 1. The molecule has 19 heavy (non-hydrogen) atoms. The number of aliphatic hydroxyl groups is 1. The van der Waals surface area contributed by atoms with E-state index in [0.29, 0.717) is 19.1 Å². The minimum Gasteiger partial charge on any atom is -0.491 e. The van der Waals surface area contributed by atoms with E-state index in [9.17, 15) is 5.11 Å². The second kappa shape index (κ2) is 6.92. The lowest BCUT2D eigenvalue weighted by Gasteiger charge is -2.22. The summed E-state index contributed by atoms with van der Waals surface area (Å²) in [6.07, 6.45) is 2.11. The second-order valence-electron chi connectivity index (χ2n) is 5.26. The first-order valence-electron chi connectivity index (χ1n) is 7.36. The first kappa shape index (κ1) is 14.4. The summed E-state index contributed by atoms with van der Waals surface area (Å²) in [5, 5.41) is 10.0. The fraction of sp³-hybridized carbons (Fsp3) is 0.625. The van der Waals surface area contributed by atoms with Crippen LogP contribution in [0.1, 0.15) is 38.2 Å². The molecule has 1 aromatic rings. The minimum atomic E-state index is -0.424. The van der Waals surface area contributed by atoms with Crippen LogP contribution in [0, 0.1) is 0 Å². The van der Waals surface area contributed by atoms with Crippen molar-refractivity contribution in [2.75, 3.05) is 26.2 Å². The Morgan fingerprint density at radius 1 is 1.26 bits per heavy atom. The average molecular weight is 263 g/mol. The molecule has 1 atom stereocenters. The van der Waals surface area contributed by atoms with E-state index in [-0.39, 0.29) is 0 Å². The molecule has 0 aliphatic heterocycles. The average Bonchev–Trinajstić information content (AvgIpc) is 3.27. The molecule has 1 unspecified atom stereocenters. The van der Waals surface area contributed by atoms with Crippen molar-refractivity contribution in [1.29, 1.82) is 0 Å². The normalized spacial score (nSPS) is 16.6. The Hall–Kier alpha value is -1.06. The van der Waals surface area contributed by atoms with Crippen LogP contribution < -0.4 is 4.74 Å². The molecule has 1 aliphatic rings. The molecular weight excluding hydrogens is 238 g/mol. The molecule has 0 saturated heterocycles. The van der Waals surface area contributed by atoms with E-state index >= 15 is 0 Å². The maximum atomic E-state index is 10.0. The number of nitrogens with zero attached hydrogens (tertiary/aromatic N) is 1. The van der Waals surface area contributed by atoms with E-state index in [2.05, 4.69) is 30.9 Å². The number of hydrogen-bond donors (Lipinski definition) is 1. The molecule has 3 nitrogen and oxygen atoms in total. The summed E-state index contributed by atoms with van der Waals surface area (Å²) in [5.74, 6) is 1.62. The molecule has 0 bridgehead atoms. The number of hydrogen-bond acceptors (Lipinski definition) is 3. The first-order chi connectivity index (χ1) is 9.24. The first-order valence-corrected chi connectivity index (χ1v) is 7.36. The van der Waals surface area contributed by atoms with Crippen LogP contribution >= 0.6 is 0 Å². The Labute approximate surface area is 116 Å². The van der Waals surface area contributed by atoms with Gasteiger partial charge in [-0.05, 0) is 43.5 Å². The van der Waals surface area contributed by atoms with Crippen molar-refractivity contribution in [3.8, 4) is 5.75 Å². The predicted molar refractivity (Wildman–Crippen MR) is 77.7 cm³/mol. The standard InChI is InChI=1S/C16H25NO2/c1-3-17(4-2)11-14(18)12-19-16-8-6-5-7-15(16)13-9-10-13/h5-8,13-14,18H,3-4,9-12H2,1-2H3. The van der Waals surface area contributed by atoms with Gasteiger partial charge in [0.2, 0.25) is 0 Å². The van der Waals surface area contributed by atoms with Crippen LogP contribution in [0.2, 0.25) is 0 Å². The highest BCUT2D eigenvalue weighted by Gasteiger charge is 2.26. The quantitative estimate of drug-likeness (QED) is 0.782. The van der Waals surface area contributed by atoms with Gasteiger partial charge in [0.15, 0.2) is 0 Å². The lowest BCUT2D eigenvalue weighted by atomic mass is 10.1. The number of rotatable bonds is 8. The van der Waals surface area contributed by atoms with Gasteiger partial charge >= 0.3 is 0 Å². The summed E-state index contributed by atoms with van der Waals surface area (Å²) in [4.78, 5) is 2.21. The Kier molecular flexibility index (Phi) is 5.23. The van der Waals surface area contributed by atoms with E-state index in [1.807, 2.05) is 12.1 Å². The second-order valence-corrected chi connectivity index (χ2v) is 5.26. The van der Waals surface area contributed by atoms with Gasteiger partial charge in [0, 0.05) is 6.54 Å². The van der Waals surface area contributed by atoms with Gasteiger partial charge in [-0.2, -0.15) is 0 Å². The molecule has 0 radical (unpaired) electrons. The van der Waals surface area contributed by atoms with Crippen molar-refractivity contribution >= 4 is 0 Å². The minimum absolute atomic E-state index is 0.375. The van der Waals surface area contributed by atoms with Gasteiger partial charge in [-0.15, -0.1) is 0 Å². The van der Waals surface area contributed by atoms with Gasteiger partial charge in [-0.1, -0.05) is 32.0 Å². The van der Waals surface area contributed by atoms with Crippen molar-refractivity contribution in [2.24, 2.45) is 0 Å². The summed E-state index contributed by atoms with van der Waals surface area (Å²) in [5.41, 5.74) is 1.30. The summed E-state index contributed by atoms with van der Waals surface area (Å²) >= 11 is 0. The lowest BCUT2D eigenvalue weighted by Crippen LogP contribution is -2.35. The molecule has 0 amide bonds. The van der Waals surface area contributed by atoms with E-state index in [0.717, 1.165) is 18.8 Å². The van der Waals surface area contributed by atoms with E-state index in [4.69, 9.17) is 4.74 Å². The molecule has 1 N–H and O–H groups in total. The molecule has 1 aromatic carbocycles. The third kappa shape index (κ3) is 4.22. The fourth-order valence-electron chi connectivity index (χ4n) is 2.36. The van der Waals surface area contributed by atoms with Crippen LogP contribution in [0.15, 0.2) is 24.3 Å². The van der Waals surface area contributed by atoms with Crippen LogP contribution in [0.25, 0.3) is 0 Å². The van der Waals surface area contributed by atoms with Crippen molar-refractivity contribution in [3.05, 3.63) is 29.8 Å². The monoisotopic (exact) mass is 263 g/mol. The number of likely N-dealkylation sites (N-methyl/N-ethyl adjacent to an activating group) is 1. The number of para-hydroxylation sites is 1. The Balaban J connectivity index is 1.84. The Morgan fingerprint density at radius 2 is 1.95 bits per heavy atom. The molecule has 1 fully saturated rings. The Morgan fingerprint density at radius 3 is 2.58 bits per heavy atom. The van der Waals surface area contributed by atoms with Crippen LogP contribution in [0.5, 0.6) is 5.75 Å². The summed E-state index contributed by atoms with van der Waals surface area (Å²) in [6.45, 7) is 7.20. The van der Waals surface area contributed by atoms with E-state index in [1.165, 1.54) is 18.4 Å². The molecule has 1 saturated carbocycles. The largest absolute Gasteiger partial charge is 0.491 e. The van der Waals surface area contributed by atoms with Gasteiger partial charge in [0.1, 0.15) is 18.5 Å². The van der Waals surface area contributed by atoms with Gasteiger partial charge in [-0.3, -0.25) is 0 Å². The highest BCUT2D eigenvalue weighted by Crippen LogP contribution is 2.44. The summed E-state index contributed by atoms with van der Waals surface area (Å²) in [6, 6.07) is 8.21. The van der Waals surface area contributed by atoms with Crippen molar-refractivity contribution in [1.82, 2.24) is 4.90 Å². The van der Waals surface area contributed by atoms with Gasteiger partial charge in [0.25, 0.3) is 0 Å². The zero-order valence-electron chi connectivity index (χ0n) is 12.0. The van der Waals surface area contributed by atoms with Gasteiger partial charge in [-0.25, -0.2) is 0 Å². The van der Waals surface area contributed by atoms with Crippen LogP contribution in [-0.2, 0) is 0 Å². The fourth-order valence-corrected chi connectivity index (χ4v) is 2.36. The smallest absolute Gasteiger partial charge is 0.122 e. The predicted octanol–water partition coefficient (Wildman–Crippen LogP) is 2.65. The van der Waals surface area contributed by atoms with E-state index in [1.54, 1.807) is 0 Å². The Bertz CT molecular complexity index is 386. The maximum absolute atomic E-state index is 10.0. The molecule has 106 valence electrons. The highest BCUT2D eigenvalue weighted by molar-refractivity contribution is 5.38. The number of aliphatic hydroxyl groups excluding tert-OH is 1. The zero-order chi connectivity index (χ0) is 13.7. The van der Waals surface area contributed by atoms with Crippen LogP contribution in [0.3, 0.4) is 0 Å². The third-order valence-electron chi connectivity index (χ3n) is 3.73. The van der Waals surface area contributed by atoms with Crippen LogP contribution in [0.4, 0.5) is 0 Å². The molecule has 0 aromatic heterocycles. The molecule has 0 spiro atoms. The molecule has 2 rings (SSSR count). The van der Waals surface area contributed by atoms with Gasteiger partial charge in [0.05, 0.1) is 0 Å². The van der Waals surface area contributed by atoms with Crippen molar-refractivity contribution in [3.63, 3.8) is 0 Å². The van der Waals surface area contributed by atoms with Gasteiger partial charge < -0.3 is 14.7 Å².